The molecule has 0 heterocycles. The first-order chi connectivity index (χ1) is 16.0. The highest BCUT2D eigenvalue weighted by atomic mass is 16.3. The molecular weight excluding hydrogens is 424 g/mol. The molecule has 0 spiro atoms. The molecule has 0 aromatic heterocycles. The van der Waals surface area contributed by atoms with Crippen LogP contribution in [0.3, 0.4) is 0 Å². The highest BCUT2D eigenvalue weighted by molar-refractivity contribution is 5.42. The molecule has 0 bridgehead atoms. The highest BCUT2D eigenvalue weighted by Crippen LogP contribution is 2.34. The molecular formula is C30H32O4. The largest absolute Gasteiger partial charge is 0.508 e. The Morgan fingerprint density at radius 3 is 0.618 bits per heavy atom. The van der Waals surface area contributed by atoms with Gasteiger partial charge in [0.2, 0.25) is 0 Å². The van der Waals surface area contributed by atoms with Crippen molar-refractivity contribution in [3.63, 3.8) is 0 Å². The Hall–Kier alpha value is -3.92. The summed E-state index contributed by atoms with van der Waals surface area (Å²) >= 11 is 0. The lowest BCUT2D eigenvalue weighted by molar-refractivity contribution is 0.473. The fourth-order valence-electron chi connectivity index (χ4n) is 3.85. The van der Waals surface area contributed by atoms with E-state index in [-0.39, 0.29) is 33.8 Å². The van der Waals surface area contributed by atoms with Crippen LogP contribution in [0.15, 0.2) is 97.1 Å². The molecule has 176 valence electrons. The van der Waals surface area contributed by atoms with Crippen molar-refractivity contribution >= 4 is 0 Å². The molecule has 0 amide bonds. The van der Waals surface area contributed by atoms with Crippen LogP contribution in [0.25, 0.3) is 0 Å². The fourth-order valence-corrected chi connectivity index (χ4v) is 3.85. The van der Waals surface area contributed by atoms with Crippen molar-refractivity contribution in [3.8, 4) is 23.0 Å². The summed E-state index contributed by atoms with van der Waals surface area (Å²) in [5.74, 6) is 1.09. The summed E-state index contributed by atoms with van der Waals surface area (Å²) in [6.07, 6.45) is 0. The van der Waals surface area contributed by atoms with Crippen LogP contribution in [0.1, 0.15) is 49.9 Å². The third-order valence-electron chi connectivity index (χ3n) is 6.36. The van der Waals surface area contributed by atoms with Crippen LogP contribution in [-0.4, -0.2) is 20.4 Å². The van der Waals surface area contributed by atoms with Gasteiger partial charge < -0.3 is 20.4 Å². The van der Waals surface area contributed by atoms with E-state index >= 15 is 0 Å². The molecule has 4 N–H and O–H groups in total. The van der Waals surface area contributed by atoms with E-state index in [2.05, 4.69) is 27.7 Å². The van der Waals surface area contributed by atoms with Gasteiger partial charge in [-0.2, -0.15) is 0 Å². The average Bonchev–Trinajstić information content (AvgIpc) is 2.81. The van der Waals surface area contributed by atoms with Gasteiger partial charge >= 0.3 is 0 Å². The van der Waals surface area contributed by atoms with Gasteiger partial charge in [-0.05, 0) is 70.8 Å². The Balaban J connectivity index is 0.000000191. The van der Waals surface area contributed by atoms with Crippen molar-refractivity contribution < 1.29 is 20.4 Å². The van der Waals surface area contributed by atoms with Gasteiger partial charge in [-0.1, -0.05) is 76.2 Å². The van der Waals surface area contributed by atoms with Crippen LogP contribution in [0, 0.1) is 0 Å². The highest BCUT2D eigenvalue weighted by Gasteiger charge is 2.23. The van der Waals surface area contributed by atoms with Gasteiger partial charge in [0.25, 0.3) is 0 Å². The van der Waals surface area contributed by atoms with Gasteiger partial charge in [0.05, 0.1) is 0 Å². The maximum absolute atomic E-state index is 9.30. The molecule has 0 saturated heterocycles. The number of phenolic OH excluding ortho intramolecular Hbond substituents is 4. The van der Waals surface area contributed by atoms with Crippen LogP contribution in [0.2, 0.25) is 0 Å². The van der Waals surface area contributed by atoms with Gasteiger partial charge in [0.15, 0.2) is 0 Å². The first-order valence-corrected chi connectivity index (χ1v) is 11.2. The zero-order chi connectivity index (χ0) is 24.9. The summed E-state index contributed by atoms with van der Waals surface area (Å²) in [7, 11) is 0. The number of hydrogen-bond donors (Lipinski definition) is 4. The first-order valence-electron chi connectivity index (χ1n) is 11.2. The number of hydrogen-bond acceptors (Lipinski definition) is 4. The summed E-state index contributed by atoms with van der Waals surface area (Å²) in [5.41, 5.74) is 4.20. The second-order valence-corrected chi connectivity index (χ2v) is 9.44. The normalized spacial score (nSPS) is 11.4. The Morgan fingerprint density at radius 2 is 0.471 bits per heavy atom. The zero-order valence-corrected chi connectivity index (χ0v) is 20.0. The predicted molar refractivity (Wildman–Crippen MR) is 137 cm³/mol. The number of aromatic hydroxyl groups is 4. The van der Waals surface area contributed by atoms with E-state index in [0.717, 1.165) is 22.3 Å². The van der Waals surface area contributed by atoms with Crippen molar-refractivity contribution in [2.75, 3.05) is 0 Å². The summed E-state index contributed by atoms with van der Waals surface area (Å²) in [5, 5.41) is 37.2. The average molecular weight is 457 g/mol. The molecule has 0 unspecified atom stereocenters. The molecule has 4 aromatic rings. The SMILES string of the molecule is CC(C)(c1ccc(O)cc1)c1ccc(O)cc1.CC(C)(c1ccc(O)cc1)c1ccc(O)cc1. The lowest BCUT2D eigenvalue weighted by atomic mass is 9.78. The van der Waals surface area contributed by atoms with E-state index in [4.69, 9.17) is 0 Å². The molecule has 4 rings (SSSR count). The van der Waals surface area contributed by atoms with Crippen LogP contribution in [0.5, 0.6) is 23.0 Å². The molecule has 4 heteroatoms. The Morgan fingerprint density at radius 1 is 0.324 bits per heavy atom. The smallest absolute Gasteiger partial charge is 0.115 e. The van der Waals surface area contributed by atoms with Crippen LogP contribution in [-0.2, 0) is 10.8 Å². The standard InChI is InChI=1S/2C15H16O2/c2*1-15(2,11-3-7-13(16)8-4-11)12-5-9-14(17)10-6-12/h2*3-10,16-17H,1-2H3. The maximum Gasteiger partial charge on any atom is 0.115 e. The minimum absolute atomic E-state index is 0.151. The topological polar surface area (TPSA) is 80.9 Å². The molecule has 0 aliphatic carbocycles. The molecule has 4 nitrogen and oxygen atoms in total. The molecule has 0 atom stereocenters. The lowest BCUT2D eigenvalue weighted by Gasteiger charge is -2.26. The van der Waals surface area contributed by atoms with Gasteiger partial charge in [-0.3, -0.25) is 0 Å². The molecule has 34 heavy (non-hydrogen) atoms. The Kier molecular flexibility index (Phi) is 7.21. The summed E-state index contributed by atoms with van der Waals surface area (Å²) < 4.78 is 0. The monoisotopic (exact) mass is 456 g/mol. The van der Waals surface area contributed by atoms with Crippen LogP contribution in [0.4, 0.5) is 0 Å². The third-order valence-corrected chi connectivity index (χ3v) is 6.36. The van der Waals surface area contributed by atoms with Crippen molar-refractivity contribution in [2.24, 2.45) is 0 Å². The van der Waals surface area contributed by atoms with E-state index in [1.54, 1.807) is 48.5 Å². The van der Waals surface area contributed by atoms with Crippen molar-refractivity contribution in [1.29, 1.82) is 0 Å². The zero-order valence-electron chi connectivity index (χ0n) is 20.0. The fraction of sp³-hybridized carbons (Fsp3) is 0.200. The summed E-state index contributed by atoms with van der Waals surface area (Å²) in [6, 6.07) is 28.9. The second-order valence-electron chi connectivity index (χ2n) is 9.44. The Labute approximate surface area is 201 Å². The van der Waals surface area contributed by atoms with E-state index in [0.29, 0.717) is 0 Å². The molecule has 0 aliphatic rings. The number of phenols is 4. The number of rotatable bonds is 4. The summed E-state index contributed by atoms with van der Waals surface area (Å²) in [4.78, 5) is 0. The van der Waals surface area contributed by atoms with Crippen molar-refractivity contribution in [2.45, 2.75) is 38.5 Å². The molecule has 4 aromatic carbocycles. The quantitative estimate of drug-likeness (QED) is 0.271. The third kappa shape index (κ3) is 5.70. The van der Waals surface area contributed by atoms with Crippen molar-refractivity contribution in [3.05, 3.63) is 119 Å². The maximum atomic E-state index is 9.30. The molecule has 0 fully saturated rings. The van der Waals surface area contributed by atoms with E-state index < -0.39 is 0 Å². The van der Waals surface area contributed by atoms with E-state index in [9.17, 15) is 20.4 Å². The molecule has 0 radical (unpaired) electrons. The van der Waals surface area contributed by atoms with Crippen molar-refractivity contribution in [1.82, 2.24) is 0 Å². The minimum Gasteiger partial charge on any atom is -0.508 e. The van der Waals surface area contributed by atoms with E-state index in [1.165, 1.54) is 0 Å². The Bertz CT molecular complexity index is 995. The van der Waals surface area contributed by atoms with Crippen LogP contribution < -0.4 is 0 Å². The molecule has 0 saturated carbocycles. The number of benzene rings is 4. The lowest BCUT2D eigenvalue weighted by Crippen LogP contribution is -2.18. The van der Waals surface area contributed by atoms with Gasteiger partial charge in [-0.15, -0.1) is 0 Å². The van der Waals surface area contributed by atoms with Gasteiger partial charge in [0.1, 0.15) is 23.0 Å². The second kappa shape index (κ2) is 9.92. The van der Waals surface area contributed by atoms with Gasteiger partial charge in [-0.25, -0.2) is 0 Å². The minimum atomic E-state index is -0.151. The van der Waals surface area contributed by atoms with Crippen LogP contribution >= 0.6 is 0 Å². The van der Waals surface area contributed by atoms with E-state index in [1.807, 2.05) is 48.5 Å². The predicted octanol–water partition coefficient (Wildman–Crippen LogP) is 6.85. The van der Waals surface area contributed by atoms with Gasteiger partial charge in [0, 0.05) is 10.8 Å². The summed E-state index contributed by atoms with van der Waals surface area (Å²) in [6.45, 7) is 8.47. The first kappa shape index (κ1) is 24.7. The molecule has 0 aliphatic heterocycles.